The summed E-state index contributed by atoms with van der Waals surface area (Å²) in [6.45, 7) is 2.94. The summed E-state index contributed by atoms with van der Waals surface area (Å²) in [5, 5.41) is 9.07. The SMILES string of the molecule is CC1OC(=O)OC1(C)O. The molecule has 2 unspecified atom stereocenters. The Morgan fingerprint density at radius 1 is 1.78 bits per heavy atom. The molecule has 1 fully saturated rings. The van der Waals surface area contributed by atoms with E-state index in [9.17, 15) is 4.79 Å². The highest BCUT2D eigenvalue weighted by molar-refractivity contribution is 5.62. The molecule has 0 aromatic carbocycles. The number of cyclic esters (lactones) is 2. The van der Waals surface area contributed by atoms with Crippen molar-refractivity contribution in [2.24, 2.45) is 0 Å². The molecular formula is C5H8O4. The fourth-order valence-electron chi connectivity index (χ4n) is 0.529. The highest BCUT2D eigenvalue weighted by Gasteiger charge is 2.43. The van der Waals surface area contributed by atoms with Crippen molar-refractivity contribution in [1.29, 1.82) is 0 Å². The molecule has 1 rings (SSSR count). The minimum absolute atomic E-state index is 0.579. The van der Waals surface area contributed by atoms with Gasteiger partial charge in [-0.1, -0.05) is 0 Å². The van der Waals surface area contributed by atoms with Crippen LogP contribution in [-0.2, 0) is 9.47 Å². The van der Waals surface area contributed by atoms with E-state index in [2.05, 4.69) is 9.47 Å². The zero-order valence-corrected chi connectivity index (χ0v) is 5.25. The van der Waals surface area contributed by atoms with Crippen LogP contribution in [0.5, 0.6) is 0 Å². The molecule has 1 aliphatic heterocycles. The minimum Gasteiger partial charge on any atom is -0.424 e. The smallest absolute Gasteiger partial charge is 0.424 e. The summed E-state index contributed by atoms with van der Waals surface area (Å²) in [5.41, 5.74) is 0. The van der Waals surface area contributed by atoms with E-state index in [0.29, 0.717) is 0 Å². The maximum atomic E-state index is 10.3. The quantitative estimate of drug-likeness (QED) is 0.480. The van der Waals surface area contributed by atoms with E-state index < -0.39 is 18.0 Å². The van der Waals surface area contributed by atoms with E-state index >= 15 is 0 Å². The Morgan fingerprint density at radius 2 is 2.33 bits per heavy atom. The monoisotopic (exact) mass is 132 g/mol. The van der Waals surface area contributed by atoms with Crippen molar-refractivity contribution in [3.63, 3.8) is 0 Å². The van der Waals surface area contributed by atoms with Crippen molar-refractivity contribution in [3.05, 3.63) is 0 Å². The van der Waals surface area contributed by atoms with Crippen molar-refractivity contribution in [2.75, 3.05) is 0 Å². The number of carbonyl (C=O) groups is 1. The second-order valence-corrected chi connectivity index (χ2v) is 2.17. The van der Waals surface area contributed by atoms with Crippen molar-refractivity contribution >= 4 is 6.16 Å². The molecule has 0 aliphatic carbocycles. The van der Waals surface area contributed by atoms with Gasteiger partial charge in [-0.15, -0.1) is 0 Å². The van der Waals surface area contributed by atoms with Crippen LogP contribution in [0.2, 0.25) is 0 Å². The van der Waals surface area contributed by atoms with Gasteiger partial charge < -0.3 is 14.6 Å². The molecule has 9 heavy (non-hydrogen) atoms. The summed E-state index contributed by atoms with van der Waals surface area (Å²) >= 11 is 0. The molecule has 0 bridgehead atoms. The fourth-order valence-corrected chi connectivity index (χ4v) is 0.529. The molecule has 52 valence electrons. The maximum Gasteiger partial charge on any atom is 0.511 e. The first-order valence-corrected chi connectivity index (χ1v) is 2.64. The lowest BCUT2D eigenvalue weighted by Crippen LogP contribution is -2.33. The van der Waals surface area contributed by atoms with Gasteiger partial charge in [0.2, 0.25) is 5.79 Å². The van der Waals surface area contributed by atoms with Crippen LogP contribution >= 0.6 is 0 Å². The van der Waals surface area contributed by atoms with Gasteiger partial charge in [-0.2, -0.15) is 0 Å². The lowest BCUT2D eigenvalue weighted by Gasteiger charge is -2.15. The molecule has 0 aromatic heterocycles. The molecule has 1 aliphatic rings. The van der Waals surface area contributed by atoms with Crippen LogP contribution in [0.3, 0.4) is 0 Å². The zero-order chi connectivity index (χ0) is 7.07. The summed E-state index contributed by atoms with van der Waals surface area (Å²) in [6.07, 6.45) is -1.39. The molecule has 2 atom stereocenters. The van der Waals surface area contributed by atoms with Crippen molar-refractivity contribution in [2.45, 2.75) is 25.7 Å². The van der Waals surface area contributed by atoms with E-state index in [4.69, 9.17) is 5.11 Å². The third-order valence-electron chi connectivity index (χ3n) is 1.32. The number of carbonyl (C=O) groups excluding carboxylic acids is 1. The van der Waals surface area contributed by atoms with Crippen molar-refractivity contribution in [3.8, 4) is 0 Å². The van der Waals surface area contributed by atoms with Gasteiger partial charge >= 0.3 is 6.16 Å². The van der Waals surface area contributed by atoms with Gasteiger partial charge in [-0.05, 0) is 6.92 Å². The molecule has 1 heterocycles. The van der Waals surface area contributed by atoms with Gasteiger partial charge in [0, 0.05) is 6.92 Å². The van der Waals surface area contributed by atoms with Gasteiger partial charge in [0.05, 0.1) is 0 Å². The van der Waals surface area contributed by atoms with Gasteiger partial charge in [-0.25, -0.2) is 4.79 Å². The van der Waals surface area contributed by atoms with Crippen LogP contribution in [0.15, 0.2) is 0 Å². The number of aliphatic hydroxyl groups is 1. The highest BCUT2D eigenvalue weighted by atomic mass is 16.8. The minimum atomic E-state index is -1.45. The number of hydrogen-bond acceptors (Lipinski definition) is 4. The molecule has 4 nitrogen and oxygen atoms in total. The van der Waals surface area contributed by atoms with E-state index in [1.54, 1.807) is 6.92 Å². The van der Waals surface area contributed by atoms with Crippen LogP contribution in [0, 0.1) is 0 Å². The van der Waals surface area contributed by atoms with Crippen LogP contribution in [0.4, 0.5) is 4.79 Å². The average Bonchev–Trinajstić information content (AvgIpc) is 1.79. The van der Waals surface area contributed by atoms with Crippen LogP contribution in [0.25, 0.3) is 0 Å². The predicted octanol–water partition coefficient (Wildman–Crippen LogP) is 0.250. The van der Waals surface area contributed by atoms with Crippen molar-refractivity contribution in [1.82, 2.24) is 0 Å². The van der Waals surface area contributed by atoms with E-state index in [-0.39, 0.29) is 0 Å². The third-order valence-corrected chi connectivity index (χ3v) is 1.32. The van der Waals surface area contributed by atoms with Crippen LogP contribution < -0.4 is 0 Å². The lowest BCUT2D eigenvalue weighted by atomic mass is 10.2. The molecule has 1 saturated heterocycles. The first-order chi connectivity index (χ1) is 4.02. The standard InChI is InChI=1S/C5H8O4/c1-3-5(2,7)9-4(6)8-3/h3,7H,1-2H3. The third kappa shape index (κ3) is 0.977. The fraction of sp³-hybridized carbons (Fsp3) is 0.800. The van der Waals surface area contributed by atoms with E-state index in [0.717, 1.165) is 0 Å². The summed E-state index contributed by atoms with van der Waals surface area (Å²) in [7, 11) is 0. The Hall–Kier alpha value is -0.770. The Morgan fingerprint density at radius 3 is 2.44 bits per heavy atom. The Labute approximate surface area is 52.4 Å². The van der Waals surface area contributed by atoms with Gasteiger partial charge in [-0.3, -0.25) is 0 Å². The Bertz CT molecular complexity index is 140. The van der Waals surface area contributed by atoms with E-state index in [1.165, 1.54) is 6.92 Å². The molecular weight excluding hydrogens is 124 g/mol. The Balaban J connectivity index is 2.69. The molecule has 0 aromatic rings. The summed E-state index contributed by atoms with van der Waals surface area (Å²) in [6, 6.07) is 0. The summed E-state index contributed by atoms with van der Waals surface area (Å²) in [4.78, 5) is 10.3. The number of hydrogen-bond donors (Lipinski definition) is 1. The number of ether oxygens (including phenoxy) is 2. The average molecular weight is 132 g/mol. The largest absolute Gasteiger partial charge is 0.511 e. The second kappa shape index (κ2) is 1.60. The number of rotatable bonds is 0. The first kappa shape index (κ1) is 6.35. The van der Waals surface area contributed by atoms with Gasteiger partial charge in [0.25, 0.3) is 0 Å². The van der Waals surface area contributed by atoms with Crippen molar-refractivity contribution < 1.29 is 19.4 Å². The molecule has 0 radical (unpaired) electrons. The molecule has 0 spiro atoms. The molecule has 0 saturated carbocycles. The van der Waals surface area contributed by atoms with Crippen LogP contribution in [0.1, 0.15) is 13.8 Å². The Kier molecular flexibility index (Phi) is 1.13. The first-order valence-electron chi connectivity index (χ1n) is 2.64. The maximum absolute atomic E-state index is 10.3. The summed E-state index contributed by atoms with van der Waals surface area (Å²) < 4.78 is 8.82. The zero-order valence-electron chi connectivity index (χ0n) is 5.25. The predicted molar refractivity (Wildman–Crippen MR) is 27.7 cm³/mol. The second-order valence-electron chi connectivity index (χ2n) is 2.17. The topological polar surface area (TPSA) is 55.8 Å². The molecule has 1 N–H and O–H groups in total. The highest BCUT2D eigenvalue weighted by Crippen LogP contribution is 2.22. The normalized spacial score (nSPS) is 42.1. The molecule has 0 amide bonds. The molecule has 4 heteroatoms. The van der Waals surface area contributed by atoms with E-state index in [1.807, 2.05) is 0 Å². The van der Waals surface area contributed by atoms with Gasteiger partial charge in [0.1, 0.15) is 0 Å². The van der Waals surface area contributed by atoms with Crippen LogP contribution in [-0.4, -0.2) is 23.2 Å². The lowest BCUT2D eigenvalue weighted by molar-refractivity contribution is -0.141. The van der Waals surface area contributed by atoms with Gasteiger partial charge in [0.15, 0.2) is 6.10 Å². The summed E-state index contributed by atoms with van der Waals surface area (Å²) in [5.74, 6) is -1.45.